The van der Waals surface area contributed by atoms with Crippen LogP contribution in [0.4, 0.5) is 0 Å². The Morgan fingerprint density at radius 1 is 1.50 bits per heavy atom. The summed E-state index contributed by atoms with van der Waals surface area (Å²) in [6.45, 7) is 8.27. The number of aromatic carboxylic acids is 1. The minimum atomic E-state index is -1.02. The number of aromatic nitrogens is 1. The summed E-state index contributed by atoms with van der Waals surface area (Å²) in [4.78, 5) is 15.6. The molecule has 1 unspecified atom stereocenters. The van der Waals surface area contributed by atoms with E-state index in [-0.39, 0.29) is 23.0 Å². The van der Waals surface area contributed by atoms with Crippen LogP contribution in [0.15, 0.2) is 4.42 Å². The zero-order chi connectivity index (χ0) is 13.5. The Morgan fingerprint density at radius 3 is 2.56 bits per heavy atom. The first-order chi connectivity index (χ1) is 8.33. The summed E-state index contributed by atoms with van der Waals surface area (Å²) in [5, 5.41) is 9.17. The van der Waals surface area contributed by atoms with Gasteiger partial charge in [0, 0.05) is 5.92 Å². The van der Waals surface area contributed by atoms with Crippen LogP contribution >= 0.6 is 0 Å². The second-order valence-corrected chi connectivity index (χ2v) is 6.16. The fourth-order valence-electron chi connectivity index (χ4n) is 2.83. The second-order valence-electron chi connectivity index (χ2n) is 6.16. The number of carbonyl (C=O) groups is 1. The van der Waals surface area contributed by atoms with Gasteiger partial charge in [-0.25, -0.2) is 9.78 Å². The average Bonchev–Trinajstić information content (AvgIpc) is 2.80. The molecule has 1 saturated carbocycles. The molecule has 0 aliphatic heterocycles. The molecular weight excluding hydrogens is 230 g/mol. The van der Waals surface area contributed by atoms with Crippen molar-refractivity contribution >= 4 is 5.97 Å². The maximum absolute atomic E-state index is 11.2. The van der Waals surface area contributed by atoms with Crippen molar-refractivity contribution in [1.82, 2.24) is 4.98 Å². The van der Waals surface area contributed by atoms with Crippen molar-refractivity contribution in [2.45, 2.75) is 58.8 Å². The number of hydrogen-bond donors (Lipinski definition) is 1. The van der Waals surface area contributed by atoms with E-state index in [1.165, 1.54) is 0 Å². The first kappa shape index (κ1) is 13.1. The molecule has 2 rings (SSSR count). The van der Waals surface area contributed by atoms with Gasteiger partial charge in [0.25, 0.3) is 0 Å². The van der Waals surface area contributed by atoms with Crippen molar-refractivity contribution in [2.75, 3.05) is 0 Å². The van der Waals surface area contributed by atoms with Crippen molar-refractivity contribution in [2.24, 2.45) is 5.41 Å². The smallest absolute Gasteiger partial charge is 0.373 e. The van der Waals surface area contributed by atoms with Gasteiger partial charge in [-0.05, 0) is 24.2 Å². The first-order valence-electron chi connectivity index (χ1n) is 6.57. The maximum atomic E-state index is 11.2. The molecule has 1 aromatic rings. The van der Waals surface area contributed by atoms with Gasteiger partial charge in [0.15, 0.2) is 5.89 Å². The van der Waals surface area contributed by atoms with E-state index in [0.29, 0.717) is 11.6 Å². The molecule has 4 nitrogen and oxygen atoms in total. The van der Waals surface area contributed by atoms with E-state index in [1.54, 1.807) is 0 Å². The van der Waals surface area contributed by atoms with Gasteiger partial charge >= 0.3 is 5.97 Å². The van der Waals surface area contributed by atoms with Gasteiger partial charge in [0.2, 0.25) is 5.76 Å². The van der Waals surface area contributed by atoms with E-state index >= 15 is 0 Å². The molecule has 0 aromatic carbocycles. The predicted molar refractivity (Wildman–Crippen MR) is 67.9 cm³/mol. The molecule has 0 saturated heterocycles. The summed E-state index contributed by atoms with van der Waals surface area (Å²) in [6, 6.07) is 0. The molecule has 1 N–H and O–H groups in total. The van der Waals surface area contributed by atoms with Crippen LogP contribution in [0.25, 0.3) is 0 Å². The normalized spacial score (nSPS) is 22.6. The number of hydrogen-bond acceptors (Lipinski definition) is 3. The van der Waals surface area contributed by atoms with Gasteiger partial charge in [0.05, 0.1) is 5.69 Å². The third-order valence-electron chi connectivity index (χ3n) is 3.97. The Balaban J connectivity index is 2.41. The van der Waals surface area contributed by atoms with Gasteiger partial charge in [0.1, 0.15) is 0 Å². The van der Waals surface area contributed by atoms with Crippen LogP contribution in [-0.4, -0.2) is 16.1 Å². The minimum Gasteiger partial charge on any atom is -0.475 e. The lowest BCUT2D eigenvalue weighted by atomic mass is 9.82. The maximum Gasteiger partial charge on any atom is 0.373 e. The predicted octanol–water partition coefficient (Wildman–Crippen LogP) is 3.79. The highest BCUT2D eigenvalue weighted by Crippen LogP contribution is 2.48. The zero-order valence-corrected chi connectivity index (χ0v) is 11.5. The van der Waals surface area contributed by atoms with Gasteiger partial charge in [-0.3, -0.25) is 0 Å². The molecule has 0 radical (unpaired) electrons. The number of carboxylic acids is 1. The molecule has 1 aromatic heterocycles. The molecule has 4 heteroatoms. The zero-order valence-electron chi connectivity index (χ0n) is 11.5. The topological polar surface area (TPSA) is 63.3 Å². The molecule has 0 amide bonds. The van der Waals surface area contributed by atoms with Crippen molar-refractivity contribution in [1.29, 1.82) is 0 Å². The van der Waals surface area contributed by atoms with Gasteiger partial charge in [-0.2, -0.15) is 0 Å². The van der Waals surface area contributed by atoms with Crippen LogP contribution in [-0.2, 0) is 0 Å². The van der Waals surface area contributed by atoms with Crippen LogP contribution in [0.3, 0.4) is 0 Å². The van der Waals surface area contributed by atoms with Gasteiger partial charge in [-0.1, -0.05) is 34.1 Å². The molecule has 1 heterocycles. The lowest BCUT2D eigenvalue weighted by Gasteiger charge is -2.23. The van der Waals surface area contributed by atoms with Crippen LogP contribution in [0.2, 0.25) is 0 Å². The summed E-state index contributed by atoms with van der Waals surface area (Å²) in [6.07, 6.45) is 3.32. The standard InChI is InChI=1S/C14H21NO3/c1-8(2)10-11(13(16)17)18-12(15-10)9-6-5-7-14(9,3)4/h8-9H,5-7H2,1-4H3,(H,16,17). The van der Waals surface area contributed by atoms with Crippen molar-refractivity contribution < 1.29 is 14.3 Å². The van der Waals surface area contributed by atoms with Crippen LogP contribution in [0.1, 0.15) is 80.9 Å². The minimum absolute atomic E-state index is 0.0164. The summed E-state index contributed by atoms with van der Waals surface area (Å²) in [5.74, 6) is -0.0873. The Labute approximate surface area is 107 Å². The number of carboxylic acid groups (broad SMARTS) is 1. The number of rotatable bonds is 3. The van der Waals surface area contributed by atoms with E-state index in [1.807, 2.05) is 13.8 Å². The Kier molecular flexibility index (Phi) is 3.21. The summed E-state index contributed by atoms with van der Waals surface area (Å²) in [5.41, 5.74) is 0.717. The van der Waals surface area contributed by atoms with Crippen LogP contribution in [0.5, 0.6) is 0 Å². The highest BCUT2D eigenvalue weighted by molar-refractivity contribution is 5.85. The van der Waals surface area contributed by atoms with E-state index < -0.39 is 5.97 Å². The van der Waals surface area contributed by atoms with Crippen molar-refractivity contribution in [3.05, 3.63) is 17.3 Å². The van der Waals surface area contributed by atoms with Crippen molar-refractivity contribution in [3.8, 4) is 0 Å². The third kappa shape index (κ3) is 2.16. The lowest BCUT2D eigenvalue weighted by Crippen LogP contribution is -2.15. The van der Waals surface area contributed by atoms with Crippen molar-refractivity contribution in [3.63, 3.8) is 0 Å². The lowest BCUT2D eigenvalue weighted by molar-refractivity contribution is 0.0655. The molecular formula is C14H21NO3. The van der Waals surface area contributed by atoms with Gasteiger partial charge in [-0.15, -0.1) is 0 Å². The average molecular weight is 251 g/mol. The Morgan fingerprint density at radius 2 is 2.17 bits per heavy atom. The summed E-state index contributed by atoms with van der Waals surface area (Å²) >= 11 is 0. The van der Waals surface area contributed by atoms with E-state index in [9.17, 15) is 4.79 Å². The SMILES string of the molecule is CC(C)c1nc(C2CCCC2(C)C)oc1C(=O)O. The Hall–Kier alpha value is -1.32. The van der Waals surface area contributed by atoms with E-state index in [4.69, 9.17) is 9.52 Å². The Bertz CT molecular complexity index is 460. The van der Waals surface area contributed by atoms with E-state index in [0.717, 1.165) is 19.3 Å². The monoisotopic (exact) mass is 251 g/mol. The number of nitrogens with zero attached hydrogens (tertiary/aromatic N) is 1. The largest absolute Gasteiger partial charge is 0.475 e. The van der Waals surface area contributed by atoms with Crippen LogP contribution < -0.4 is 0 Å². The highest BCUT2D eigenvalue weighted by atomic mass is 16.4. The van der Waals surface area contributed by atoms with Crippen LogP contribution in [0, 0.1) is 5.41 Å². The molecule has 1 aliphatic carbocycles. The second kappa shape index (κ2) is 4.41. The fourth-order valence-corrected chi connectivity index (χ4v) is 2.83. The van der Waals surface area contributed by atoms with Gasteiger partial charge < -0.3 is 9.52 Å². The number of oxazole rings is 1. The molecule has 1 atom stereocenters. The molecule has 0 bridgehead atoms. The quantitative estimate of drug-likeness (QED) is 0.887. The molecule has 1 fully saturated rings. The molecule has 1 aliphatic rings. The fraction of sp³-hybridized carbons (Fsp3) is 0.714. The van der Waals surface area contributed by atoms with E-state index in [2.05, 4.69) is 18.8 Å². The highest BCUT2D eigenvalue weighted by Gasteiger charge is 2.39. The summed E-state index contributed by atoms with van der Waals surface area (Å²) in [7, 11) is 0. The molecule has 18 heavy (non-hydrogen) atoms. The molecule has 100 valence electrons. The third-order valence-corrected chi connectivity index (χ3v) is 3.97. The first-order valence-corrected chi connectivity index (χ1v) is 6.57. The molecule has 0 spiro atoms. The summed E-state index contributed by atoms with van der Waals surface area (Å²) < 4.78 is 5.55.